The van der Waals surface area contributed by atoms with Crippen LogP contribution in [0.3, 0.4) is 0 Å². The summed E-state index contributed by atoms with van der Waals surface area (Å²) in [5, 5.41) is 0. The van der Waals surface area contributed by atoms with Gasteiger partial charge in [0.1, 0.15) is 23.3 Å². The number of hydrogen-bond donors (Lipinski definition) is 1. The molecule has 0 aromatic heterocycles. The molecule has 3 rings (SSSR count). The van der Waals surface area contributed by atoms with Gasteiger partial charge in [-0.15, -0.1) is 0 Å². The number of rotatable bonds is 6. The molecule has 0 saturated heterocycles. The molecule has 0 fully saturated rings. The van der Waals surface area contributed by atoms with Gasteiger partial charge in [0.05, 0.1) is 18.9 Å². The maximum absolute atomic E-state index is 13.5. The molecule has 9 heteroatoms. The first-order chi connectivity index (χ1) is 14.3. The van der Waals surface area contributed by atoms with Crippen LogP contribution < -0.4 is 10.5 Å². The Bertz CT molecular complexity index is 969. The van der Waals surface area contributed by atoms with Gasteiger partial charge in [-0.05, 0) is 47.9 Å². The molecule has 1 unspecified atom stereocenters. The second kappa shape index (κ2) is 9.00. The fourth-order valence-corrected chi connectivity index (χ4v) is 2.80. The lowest BCUT2D eigenvalue weighted by molar-refractivity contribution is -0.142. The second-order valence-electron chi connectivity index (χ2n) is 6.46. The van der Waals surface area contributed by atoms with Crippen LogP contribution in [0.25, 0.3) is 6.08 Å². The maximum atomic E-state index is 13.5. The first-order valence-corrected chi connectivity index (χ1v) is 8.92. The number of nitrogens with two attached hydrogens (primary N) is 1. The van der Waals surface area contributed by atoms with E-state index >= 15 is 0 Å². The molecule has 158 valence electrons. The largest absolute Gasteiger partial charge is 0.470 e. The van der Waals surface area contributed by atoms with E-state index < -0.39 is 23.8 Å². The number of alkyl halides is 3. The molecule has 1 aliphatic rings. The molecule has 1 aliphatic heterocycles. The number of benzene rings is 2. The van der Waals surface area contributed by atoms with Crippen LogP contribution in [0.5, 0.6) is 11.5 Å². The average Bonchev–Trinajstić information content (AvgIpc) is 3.22. The monoisotopic (exact) mass is 420 g/mol. The van der Waals surface area contributed by atoms with Gasteiger partial charge in [-0.25, -0.2) is 4.99 Å². The number of ether oxygens (including phenoxy) is 3. The minimum atomic E-state index is -4.57. The van der Waals surface area contributed by atoms with Gasteiger partial charge in [-0.3, -0.25) is 4.79 Å². The number of nitrogens with zero attached hydrogens (tertiary/aromatic N) is 1. The molecule has 0 amide bonds. The van der Waals surface area contributed by atoms with E-state index in [9.17, 15) is 18.0 Å². The Morgan fingerprint density at radius 3 is 2.53 bits per heavy atom. The quantitative estimate of drug-likeness (QED) is 0.716. The Morgan fingerprint density at radius 1 is 1.23 bits per heavy atom. The van der Waals surface area contributed by atoms with Crippen LogP contribution in [-0.2, 0) is 26.9 Å². The number of esters is 1. The number of methoxy groups -OCH3 is 1. The molecule has 0 bridgehead atoms. The summed E-state index contributed by atoms with van der Waals surface area (Å²) in [6, 6.07) is 9.42. The fourth-order valence-electron chi connectivity index (χ4n) is 2.80. The van der Waals surface area contributed by atoms with Crippen molar-refractivity contribution in [3.63, 3.8) is 0 Å². The van der Waals surface area contributed by atoms with Crippen molar-refractivity contribution in [1.29, 1.82) is 0 Å². The van der Waals surface area contributed by atoms with Crippen LogP contribution in [0.1, 0.15) is 16.7 Å². The summed E-state index contributed by atoms with van der Waals surface area (Å²) in [5.41, 5.74) is 5.58. The van der Waals surface area contributed by atoms with Crippen molar-refractivity contribution < 1.29 is 32.2 Å². The average molecular weight is 420 g/mol. The molecule has 2 aromatic carbocycles. The highest BCUT2D eigenvalue weighted by molar-refractivity contribution is 5.84. The minimum absolute atomic E-state index is 0.0319. The Labute approximate surface area is 170 Å². The van der Waals surface area contributed by atoms with E-state index in [0.717, 1.165) is 11.6 Å². The first kappa shape index (κ1) is 21.4. The number of allylic oxidation sites excluding steroid dienone is 1. The molecule has 6 nitrogen and oxygen atoms in total. The summed E-state index contributed by atoms with van der Waals surface area (Å²) in [7, 11) is 1.25. The van der Waals surface area contributed by atoms with E-state index in [1.807, 2.05) is 0 Å². The van der Waals surface area contributed by atoms with Crippen molar-refractivity contribution in [3.8, 4) is 11.5 Å². The molecule has 2 aromatic rings. The predicted octanol–water partition coefficient (Wildman–Crippen LogP) is 3.94. The number of halogens is 3. The van der Waals surface area contributed by atoms with E-state index in [-0.39, 0.29) is 30.2 Å². The highest BCUT2D eigenvalue weighted by Crippen LogP contribution is 2.36. The molecule has 1 heterocycles. The maximum Gasteiger partial charge on any atom is 0.417 e. The number of carbonyl (C=O) groups excluding carboxylic acids is 1. The number of hydrogen-bond acceptors (Lipinski definition) is 6. The third-order valence-electron chi connectivity index (χ3n) is 4.27. The third-order valence-corrected chi connectivity index (χ3v) is 4.27. The van der Waals surface area contributed by atoms with E-state index in [1.165, 1.54) is 31.5 Å². The molecular weight excluding hydrogens is 401 g/mol. The zero-order valence-corrected chi connectivity index (χ0v) is 16.0. The lowest BCUT2D eigenvalue weighted by Crippen LogP contribution is -2.33. The van der Waals surface area contributed by atoms with Crippen molar-refractivity contribution in [2.24, 2.45) is 10.7 Å². The van der Waals surface area contributed by atoms with E-state index in [0.29, 0.717) is 5.75 Å². The minimum Gasteiger partial charge on any atom is -0.470 e. The number of carbonyl (C=O) groups is 1. The summed E-state index contributed by atoms with van der Waals surface area (Å²) in [5.74, 6) is 0.106. The van der Waals surface area contributed by atoms with Crippen LogP contribution in [0.15, 0.2) is 53.2 Å². The second-order valence-corrected chi connectivity index (χ2v) is 6.46. The van der Waals surface area contributed by atoms with Crippen LogP contribution in [-0.4, -0.2) is 32.1 Å². The van der Waals surface area contributed by atoms with E-state index in [2.05, 4.69) is 9.73 Å². The summed E-state index contributed by atoms with van der Waals surface area (Å²) in [4.78, 5) is 15.2. The standard InChI is InChI=1S/C21H19F3N2O4/c1-28-20(27)19(25)8-13-2-5-15(6-3-13)30-16-7-4-14(9-17-11-26-12-29-17)18(10-16)21(22,23)24/h2-7,9-11,19H,8,12,25H2,1H3. The summed E-state index contributed by atoms with van der Waals surface area (Å²) in [6.07, 6.45) is -1.66. The predicted molar refractivity (Wildman–Crippen MR) is 104 cm³/mol. The third kappa shape index (κ3) is 5.38. The van der Waals surface area contributed by atoms with E-state index in [1.54, 1.807) is 24.3 Å². The van der Waals surface area contributed by atoms with Gasteiger partial charge < -0.3 is 19.9 Å². The van der Waals surface area contributed by atoms with Gasteiger partial charge >= 0.3 is 12.1 Å². The summed E-state index contributed by atoms with van der Waals surface area (Å²) < 4.78 is 55.8. The SMILES string of the molecule is COC(=O)C(N)Cc1ccc(Oc2ccc(C=C3C=NCO3)c(C(F)(F)F)c2)cc1. The molecule has 0 spiro atoms. The lowest BCUT2D eigenvalue weighted by Gasteiger charge is -2.14. The van der Waals surface area contributed by atoms with Gasteiger partial charge in [-0.2, -0.15) is 13.2 Å². The van der Waals surface area contributed by atoms with Crippen LogP contribution in [0.2, 0.25) is 0 Å². The molecule has 0 aliphatic carbocycles. The van der Waals surface area contributed by atoms with Gasteiger partial charge in [-0.1, -0.05) is 18.2 Å². The van der Waals surface area contributed by atoms with Gasteiger partial charge in [0, 0.05) is 0 Å². The van der Waals surface area contributed by atoms with Gasteiger partial charge in [0.15, 0.2) is 6.73 Å². The van der Waals surface area contributed by atoms with E-state index in [4.69, 9.17) is 15.2 Å². The lowest BCUT2D eigenvalue weighted by atomic mass is 10.1. The number of aliphatic imine (C=N–C) groups is 1. The Kier molecular flexibility index (Phi) is 6.41. The van der Waals surface area contributed by atoms with Crippen molar-refractivity contribution in [2.75, 3.05) is 13.8 Å². The molecule has 1 atom stereocenters. The zero-order valence-electron chi connectivity index (χ0n) is 16.0. The normalized spacial score (nSPS) is 15.7. The highest BCUT2D eigenvalue weighted by Gasteiger charge is 2.33. The van der Waals surface area contributed by atoms with Crippen molar-refractivity contribution >= 4 is 18.3 Å². The van der Waals surface area contributed by atoms with Crippen LogP contribution in [0, 0.1) is 0 Å². The van der Waals surface area contributed by atoms with Gasteiger partial charge in [0.2, 0.25) is 0 Å². The van der Waals surface area contributed by atoms with Crippen molar-refractivity contribution in [1.82, 2.24) is 0 Å². The van der Waals surface area contributed by atoms with Crippen molar-refractivity contribution in [2.45, 2.75) is 18.6 Å². The zero-order chi connectivity index (χ0) is 21.7. The Balaban J connectivity index is 1.77. The Morgan fingerprint density at radius 2 is 1.93 bits per heavy atom. The van der Waals surface area contributed by atoms with Crippen LogP contribution >= 0.6 is 0 Å². The topological polar surface area (TPSA) is 83.1 Å². The first-order valence-electron chi connectivity index (χ1n) is 8.92. The molecule has 0 saturated carbocycles. The van der Waals surface area contributed by atoms with Gasteiger partial charge in [0.25, 0.3) is 0 Å². The van der Waals surface area contributed by atoms with Crippen LogP contribution in [0.4, 0.5) is 13.2 Å². The smallest absolute Gasteiger partial charge is 0.417 e. The Hall–Kier alpha value is -3.33. The fraction of sp³-hybridized carbons (Fsp3) is 0.238. The molecule has 30 heavy (non-hydrogen) atoms. The van der Waals surface area contributed by atoms with Crippen molar-refractivity contribution in [3.05, 3.63) is 64.9 Å². The molecular formula is C21H19F3N2O4. The molecule has 2 N–H and O–H groups in total. The summed E-state index contributed by atoms with van der Waals surface area (Å²) in [6.45, 7) is 0.0922. The highest BCUT2D eigenvalue weighted by atomic mass is 19.4. The molecule has 0 radical (unpaired) electrons. The summed E-state index contributed by atoms with van der Waals surface area (Å²) >= 11 is 0.